The Morgan fingerprint density at radius 1 is 1.19 bits per heavy atom. The summed E-state index contributed by atoms with van der Waals surface area (Å²) in [5, 5.41) is 6.31. The molecule has 1 atom stereocenters. The molecule has 1 aliphatic heterocycles. The van der Waals surface area contributed by atoms with Crippen molar-refractivity contribution in [2.24, 2.45) is 0 Å². The van der Waals surface area contributed by atoms with Gasteiger partial charge in [-0.3, -0.25) is 4.79 Å². The zero-order valence-corrected chi connectivity index (χ0v) is 13.6. The van der Waals surface area contributed by atoms with Crippen LogP contribution in [0.1, 0.15) is 57.8 Å². The molecule has 1 amide bonds. The lowest BCUT2D eigenvalue weighted by Crippen LogP contribution is -2.55. The van der Waals surface area contributed by atoms with Crippen LogP contribution in [0.15, 0.2) is 0 Å². The maximum Gasteiger partial charge on any atom is 0.331 e. The fourth-order valence-corrected chi connectivity index (χ4v) is 3.38. The summed E-state index contributed by atoms with van der Waals surface area (Å²) in [5.74, 6) is -0.316. The molecule has 2 aliphatic rings. The average Bonchev–Trinajstić information content (AvgIpc) is 2.82. The van der Waals surface area contributed by atoms with Crippen molar-refractivity contribution in [3.8, 4) is 0 Å². The lowest BCUT2D eigenvalue weighted by atomic mass is 9.89. The van der Waals surface area contributed by atoms with E-state index in [0.717, 1.165) is 45.1 Å². The Labute approximate surface area is 133 Å². The molecule has 0 bridgehead atoms. The van der Waals surface area contributed by atoms with Gasteiger partial charge in [0.15, 0.2) is 0 Å². The Bertz CT molecular complexity index is 349. The van der Waals surface area contributed by atoms with Gasteiger partial charge in [-0.15, -0.1) is 12.4 Å². The van der Waals surface area contributed by atoms with Crippen LogP contribution in [0.2, 0.25) is 0 Å². The Kier molecular flexibility index (Phi) is 7.46. The number of hydrogen-bond donors (Lipinski definition) is 2. The molecule has 6 heteroatoms. The molecule has 21 heavy (non-hydrogen) atoms. The third-order valence-corrected chi connectivity index (χ3v) is 4.51. The molecule has 1 saturated carbocycles. The minimum atomic E-state index is -0.791. The summed E-state index contributed by atoms with van der Waals surface area (Å²) in [6.07, 6.45) is 8.20. The van der Waals surface area contributed by atoms with E-state index in [9.17, 15) is 9.59 Å². The van der Waals surface area contributed by atoms with Crippen LogP contribution < -0.4 is 10.6 Å². The van der Waals surface area contributed by atoms with Crippen LogP contribution in [-0.4, -0.2) is 37.1 Å². The van der Waals surface area contributed by atoms with Crippen molar-refractivity contribution in [2.45, 2.75) is 69.4 Å². The summed E-state index contributed by atoms with van der Waals surface area (Å²) >= 11 is 0. The number of carbonyl (C=O) groups is 2. The summed E-state index contributed by atoms with van der Waals surface area (Å²) in [6.45, 7) is 0.986. The second-order valence-electron chi connectivity index (χ2n) is 6.03. The SMILES string of the molecule is COC(=O)C1(NC(=O)CC2CCCN2)CCCCCC1.Cl. The predicted molar refractivity (Wildman–Crippen MR) is 83.5 cm³/mol. The first-order valence-corrected chi connectivity index (χ1v) is 7.79. The van der Waals surface area contributed by atoms with Gasteiger partial charge in [-0.25, -0.2) is 4.79 Å². The number of amides is 1. The van der Waals surface area contributed by atoms with Gasteiger partial charge in [0.05, 0.1) is 7.11 Å². The molecule has 2 fully saturated rings. The maximum absolute atomic E-state index is 12.2. The van der Waals surface area contributed by atoms with Crippen LogP contribution in [0.5, 0.6) is 0 Å². The largest absolute Gasteiger partial charge is 0.467 e. The Morgan fingerprint density at radius 2 is 1.86 bits per heavy atom. The molecular formula is C15H27ClN2O3. The third-order valence-electron chi connectivity index (χ3n) is 4.51. The zero-order chi connectivity index (χ0) is 14.4. The standard InChI is InChI=1S/C15H26N2O3.ClH/c1-20-14(19)15(8-4-2-3-5-9-15)17-13(18)11-12-7-6-10-16-12;/h12,16H,2-11H2,1H3,(H,17,18);1H. The fourth-order valence-electron chi connectivity index (χ4n) is 3.38. The number of halogens is 1. The van der Waals surface area contributed by atoms with Gasteiger partial charge in [0.25, 0.3) is 0 Å². The van der Waals surface area contributed by atoms with Gasteiger partial charge in [-0.2, -0.15) is 0 Å². The van der Waals surface area contributed by atoms with E-state index in [1.807, 2.05) is 0 Å². The quantitative estimate of drug-likeness (QED) is 0.614. The molecule has 1 heterocycles. The summed E-state index contributed by atoms with van der Waals surface area (Å²) in [7, 11) is 1.40. The van der Waals surface area contributed by atoms with Gasteiger partial charge in [0.1, 0.15) is 5.54 Å². The van der Waals surface area contributed by atoms with Crippen molar-refractivity contribution in [1.82, 2.24) is 10.6 Å². The minimum absolute atomic E-state index is 0. The smallest absolute Gasteiger partial charge is 0.331 e. The fraction of sp³-hybridized carbons (Fsp3) is 0.867. The van der Waals surface area contributed by atoms with Gasteiger partial charge >= 0.3 is 5.97 Å². The first-order valence-electron chi connectivity index (χ1n) is 7.79. The molecule has 0 aromatic heterocycles. The Morgan fingerprint density at radius 3 is 2.38 bits per heavy atom. The molecule has 1 unspecified atom stereocenters. The van der Waals surface area contributed by atoms with Crippen molar-refractivity contribution >= 4 is 24.3 Å². The van der Waals surface area contributed by atoms with Gasteiger partial charge < -0.3 is 15.4 Å². The van der Waals surface area contributed by atoms with E-state index < -0.39 is 5.54 Å². The van der Waals surface area contributed by atoms with Gasteiger partial charge in [0.2, 0.25) is 5.91 Å². The van der Waals surface area contributed by atoms with Gasteiger partial charge in [-0.1, -0.05) is 25.7 Å². The first-order chi connectivity index (χ1) is 9.66. The molecule has 0 spiro atoms. The molecule has 0 aromatic rings. The average molecular weight is 319 g/mol. The topological polar surface area (TPSA) is 67.4 Å². The van der Waals surface area contributed by atoms with E-state index in [-0.39, 0.29) is 30.3 Å². The molecule has 1 saturated heterocycles. The monoisotopic (exact) mass is 318 g/mol. The number of rotatable bonds is 4. The van der Waals surface area contributed by atoms with E-state index in [1.54, 1.807) is 0 Å². The number of methoxy groups -OCH3 is 1. The molecule has 2 rings (SSSR count). The van der Waals surface area contributed by atoms with E-state index in [2.05, 4.69) is 10.6 Å². The number of carbonyl (C=O) groups excluding carboxylic acids is 2. The summed E-state index contributed by atoms with van der Waals surface area (Å²) in [4.78, 5) is 24.4. The van der Waals surface area contributed by atoms with Crippen molar-refractivity contribution in [2.75, 3.05) is 13.7 Å². The van der Waals surface area contributed by atoms with Gasteiger partial charge in [0, 0.05) is 12.5 Å². The van der Waals surface area contributed by atoms with Crippen LogP contribution >= 0.6 is 12.4 Å². The highest BCUT2D eigenvalue weighted by molar-refractivity contribution is 5.88. The number of ether oxygens (including phenoxy) is 1. The second-order valence-corrected chi connectivity index (χ2v) is 6.03. The normalized spacial score (nSPS) is 24.5. The number of esters is 1. The van der Waals surface area contributed by atoms with Crippen LogP contribution in [0.3, 0.4) is 0 Å². The minimum Gasteiger partial charge on any atom is -0.467 e. The zero-order valence-electron chi connectivity index (χ0n) is 12.8. The van der Waals surface area contributed by atoms with Gasteiger partial charge in [-0.05, 0) is 32.2 Å². The molecule has 1 aliphatic carbocycles. The predicted octanol–water partition coefficient (Wildman–Crippen LogP) is 1.93. The molecular weight excluding hydrogens is 292 g/mol. The molecule has 5 nitrogen and oxygen atoms in total. The van der Waals surface area contributed by atoms with Crippen LogP contribution in [-0.2, 0) is 14.3 Å². The first kappa shape index (κ1) is 18.2. The van der Waals surface area contributed by atoms with Crippen LogP contribution in [0, 0.1) is 0 Å². The van der Waals surface area contributed by atoms with Crippen molar-refractivity contribution in [3.63, 3.8) is 0 Å². The molecule has 0 radical (unpaired) electrons. The van der Waals surface area contributed by atoms with E-state index in [4.69, 9.17) is 4.74 Å². The maximum atomic E-state index is 12.2. The summed E-state index contributed by atoms with van der Waals surface area (Å²) in [6, 6.07) is 0.260. The lowest BCUT2D eigenvalue weighted by molar-refractivity contribution is -0.151. The Balaban J connectivity index is 0.00000220. The highest BCUT2D eigenvalue weighted by Crippen LogP contribution is 2.28. The second kappa shape index (κ2) is 8.59. The van der Waals surface area contributed by atoms with Crippen LogP contribution in [0.4, 0.5) is 0 Å². The molecule has 0 aromatic carbocycles. The van der Waals surface area contributed by atoms with E-state index in [1.165, 1.54) is 7.11 Å². The Hall–Kier alpha value is -0.810. The third kappa shape index (κ3) is 4.85. The van der Waals surface area contributed by atoms with Crippen molar-refractivity contribution in [3.05, 3.63) is 0 Å². The number of hydrogen-bond acceptors (Lipinski definition) is 4. The van der Waals surface area contributed by atoms with E-state index >= 15 is 0 Å². The summed E-state index contributed by atoms with van der Waals surface area (Å²) < 4.78 is 4.95. The van der Waals surface area contributed by atoms with E-state index in [0.29, 0.717) is 19.3 Å². The van der Waals surface area contributed by atoms with Crippen LogP contribution in [0.25, 0.3) is 0 Å². The number of nitrogens with one attached hydrogen (secondary N) is 2. The summed E-state index contributed by atoms with van der Waals surface area (Å²) in [5.41, 5.74) is -0.791. The molecule has 2 N–H and O–H groups in total. The lowest BCUT2D eigenvalue weighted by Gasteiger charge is -2.31. The molecule has 122 valence electrons. The highest BCUT2D eigenvalue weighted by atomic mass is 35.5. The highest BCUT2D eigenvalue weighted by Gasteiger charge is 2.41. The van der Waals surface area contributed by atoms with Crippen molar-refractivity contribution in [1.29, 1.82) is 0 Å². The van der Waals surface area contributed by atoms with Crippen molar-refractivity contribution < 1.29 is 14.3 Å².